The quantitative estimate of drug-likeness (QED) is 0.464. The number of aromatic hydroxyl groups is 1. The van der Waals surface area contributed by atoms with Crippen molar-refractivity contribution < 1.29 is 33.3 Å². The van der Waals surface area contributed by atoms with Crippen LogP contribution in [0.4, 0.5) is 8.78 Å². The van der Waals surface area contributed by atoms with Gasteiger partial charge in [0.05, 0.1) is 0 Å². The zero-order chi connectivity index (χ0) is 22.5. The Bertz CT molecular complexity index is 1080. The van der Waals surface area contributed by atoms with Gasteiger partial charge in [0.15, 0.2) is 6.61 Å². The van der Waals surface area contributed by atoms with E-state index in [4.69, 9.17) is 21.4 Å². The lowest BCUT2D eigenvalue weighted by molar-refractivity contribution is -0.139. The van der Waals surface area contributed by atoms with E-state index in [9.17, 15) is 18.7 Å². The topological polar surface area (TPSA) is 76.0 Å². The van der Waals surface area contributed by atoms with Crippen LogP contribution in [-0.4, -0.2) is 29.4 Å². The van der Waals surface area contributed by atoms with Crippen LogP contribution in [0.5, 0.6) is 17.2 Å². The van der Waals surface area contributed by atoms with Gasteiger partial charge in [-0.1, -0.05) is 29.8 Å². The lowest BCUT2D eigenvalue weighted by Crippen LogP contribution is -2.09. The Morgan fingerprint density at radius 3 is 2.55 bits per heavy atom. The third kappa shape index (κ3) is 5.86. The number of ether oxygens (including phenoxy) is 2. The predicted octanol–water partition coefficient (Wildman–Crippen LogP) is 5.68. The van der Waals surface area contributed by atoms with E-state index in [0.29, 0.717) is 28.3 Å². The van der Waals surface area contributed by atoms with Crippen molar-refractivity contribution in [1.82, 2.24) is 0 Å². The van der Waals surface area contributed by atoms with E-state index in [1.807, 2.05) is 6.92 Å². The van der Waals surface area contributed by atoms with Gasteiger partial charge in [0.25, 0.3) is 0 Å². The van der Waals surface area contributed by atoms with Crippen LogP contribution in [0.15, 0.2) is 54.6 Å². The molecule has 8 heteroatoms. The van der Waals surface area contributed by atoms with Crippen molar-refractivity contribution in [3.05, 3.63) is 76.3 Å². The van der Waals surface area contributed by atoms with Crippen molar-refractivity contribution in [2.45, 2.75) is 20.0 Å². The molecule has 3 rings (SSSR count). The maximum Gasteiger partial charge on any atom is 0.387 e. The highest BCUT2D eigenvalue weighted by molar-refractivity contribution is 6.31. The molecule has 5 nitrogen and oxygen atoms in total. The van der Waals surface area contributed by atoms with E-state index < -0.39 is 19.2 Å². The number of phenolic OH excluding ortho intramolecular Hbond substituents is 1. The Balaban J connectivity index is 1.88. The Morgan fingerprint density at radius 2 is 1.87 bits per heavy atom. The second-order valence-corrected chi connectivity index (χ2v) is 7.22. The molecule has 0 fully saturated rings. The molecule has 3 aromatic rings. The van der Waals surface area contributed by atoms with Crippen LogP contribution >= 0.6 is 11.6 Å². The highest BCUT2D eigenvalue weighted by Crippen LogP contribution is 2.34. The summed E-state index contributed by atoms with van der Waals surface area (Å²) in [7, 11) is 0. The van der Waals surface area contributed by atoms with Gasteiger partial charge in [-0.3, -0.25) is 0 Å². The molecule has 0 spiro atoms. The minimum atomic E-state index is -2.94. The summed E-state index contributed by atoms with van der Waals surface area (Å²) in [4.78, 5) is 10.7. The van der Waals surface area contributed by atoms with Gasteiger partial charge in [0, 0.05) is 10.6 Å². The SMILES string of the molecule is Cc1cc(OCC(=O)O)cc(Cl)c1Cc1ccc(O)c(-c2cccc(OC(F)F)c2)c1. The van der Waals surface area contributed by atoms with Gasteiger partial charge < -0.3 is 19.7 Å². The number of carboxylic acids is 1. The zero-order valence-corrected chi connectivity index (χ0v) is 17.2. The van der Waals surface area contributed by atoms with Crippen LogP contribution in [0.25, 0.3) is 11.1 Å². The van der Waals surface area contributed by atoms with Gasteiger partial charge in [-0.25, -0.2) is 4.79 Å². The predicted molar refractivity (Wildman–Crippen MR) is 112 cm³/mol. The van der Waals surface area contributed by atoms with Crippen molar-refractivity contribution in [2.75, 3.05) is 6.61 Å². The number of phenols is 1. The molecule has 0 saturated carbocycles. The van der Waals surface area contributed by atoms with Crippen LogP contribution < -0.4 is 9.47 Å². The maximum absolute atomic E-state index is 12.5. The smallest absolute Gasteiger partial charge is 0.387 e. The number of carbonyl (C=O) groups is 1. The Labute approximate surface area is 182 Å². The van der Waals surface area contributed by atoms with Crippen molar-refractivity contribution >= 4 is 17.6 Å². The Hall–Kier alpha value is -3.32. The third-order valence-electron chi connectivity index (χ3n) is 4.57. The number of rotatable bonds is 8. The first kappa shape index (κ1) is 22.4. The molecule has 0 aliphatic carbocycles. The van der Waals surface area contributed by atoms with E-state index in [-0.39, 0.29) is 11.5 Å². The van der Waals surface area contributed by atoms with Gasteiger partial charge in [-0.15, -0.1) is 0 Å². The van der Waals surface area contributed by atoms with E-state index in [2.05, 4.69) is 4.74 Å². The van der Waals surface area contributed by atoms with Crippen molar-refractivity contribution in [3.8, 4) is 28.4 Å². The molecule has 0 amide bonds. The summed E-state index contributed by atoms with van der Waals surface area (Å²) in [6, 6.07) is 14.4. The number of carboxylic acid groups (broad SMARTS) is 1. The molecule has 0 aliphatic heterocycles. The summed E-state index contributed by atoms with van der Waals surface area (Å²) in [5, 5.41) is 19.5. The monoisotopic (exact) mass is 448 g/mol. The van der Waals surface area contributed by atoms with Gasteiger partial charge in [0.2, 0.25) is 0 Å². The number of hydrogen-bond donors (Lipinski definition) is 2. The number of aliphatic carboxylic acids is 1. The number of benzene rings is 3. The second kappa shape index (κ2) is 9.66. The number of halogens is 3. The molecule has 0 heterocycles. The molecule has 31 heavy (non-hydrogen) atoms. The Morgan fingerprint density at radius 1 is 1.10 bits per heavy atom. The molecule has 0 radical (unpaired) electrons. The summed E-state index contributed by atoms with van der Waals surface area (Å²) >= 11 is 6.39. The van der Waals surface area contributed by atoms with Gasteiger partial charge in [0.1, 0.15) is 17.2 Å². The van der Waals surface area contributed by atoms with E-state index in [0.717, 1.165) is 16.7 Å². The van der Waals surface area contributed by atoms with Crippen LogP contribution in [0.2, 0.25) is 5.02 Å². The molecule has 0 atom stereocenters. The fraction of sp³-hybridized carbons (Fsp3) is 0.174. The molecule has 0 aliphatic rings. The maximum atomic E-state index is 12.5. The number of hydrogen-bond acceptors (Lipinski definition) is 4. The molecule has 0 bridgehead atoms. The first-order valence-electron chi connectivity index (χ1n) is 9.23. The lowest BCUT2D eigenvalue weighted by atomic mass is 9.96. The van der Waals surface area contributed by atoms with E-state index >= 15 is 0 Å². The standard InChI is InChI=1S/C23H19ClF2O5/c1-13-7-17(30-12-22(28)29)11-20(24)18(13)8-14-5-6-21(27)19(9-14)15-3-2-4-16(10-15)31-23(25)26/h2-7,9-11,23,27H,8,12H2,1H3,(H,28,29). The van der Waals surface area contributed by atoms with Crippen molar-refractivity contribution in [3.63, 3.8) is 0 Å². The molecule has 0 aromatic heterocycles. The fourth-order valence-electron chi connectivity index (χ4n) is 3.16. The van der Waals surface area contributed by atoms with E-state index in [1.54, 1.807) is 36.4 Å². The highest BCUT2D eigenvalue weighted by Gasteiger charge is 2.13. The van der Waals surface area contributed by atoms with Crippen LogP contribution in [0, 0.1) is 6.92 Å². The minimum Gasteiger partial charge on any atom is -0.507 e. The largest absolute Gasteiger partial charge is 0.507 e. The molecule has 0 saturated heterocycles. The summed E-state index contributed by atoms with van der Waals surface area (Å²) < 4.78 is 34.6. The summed E-state index contributed by atoms with van der Waals surface area (Å²) in [5.41, 5.74) is 3.45. The summed E-state index contributed by atoms with van der Waals surface area (Å²) in [5.74, 6) is -0.736. The summed E-state index contributed by atoms with van der Waals surface area (Å²) in [6.45, 7) is -1.57. The van der Waals surface area contributed by atoms with Crippen LogP contribution in [0.3, 0.4) is 0 Å². The molecule has 2 N–H and O–H groups in total. The number of aryl methyl sites for hydroxylation is 1. The van der Waals surface area contributed by atoms with Gasteiger partial charge in [-0.2, -0.15) is 8.78 Å². The van der Waals surface area contributed by atoms with Gasteiger partial charge >= 0.3 is 12.6 Å². The molecule has 162 valence electrons. The van der Waals surface area contributed by atoms with Crippen LogP contribution in [0.1, 0.15) is 16.7 Å². The zero-order valence-electron chi connectivity index (χ0n) is 16.4. The fourth-order valence-corrected chi connectivity index (χ4v) is 3.49. The first-order valence-corrected chi connectivity index (χ1v) is 9.61. The molecule has 0 unspecified atom stereocenters. The van der Waals surface area contributed by atoms with Crippen molar-refractivity contribution in [2.24, 2.45) is 0 Å². The third-order valence-corrected chi connectivity index (χ3v) is 4.90. The average Bonchev–Trinajstić information content (AvgIpc) is 2.70. The highest BCUT2D eigenvalue weighted by atomic mass is 35.5. The second-order valence-electron chi connectivity index (χ2n) is 6.82. The lowest BCUT2D eigenvalue weighted by Gasteiger charge is -2.14. The normalized spacial score (nSPS) is 10.9. The summed E-state index contributed by atoms with van der Waals surface area (Å²) in [6.07, 6.45) is 0.435. The minimum absolute atomic E-state index is 0.00168. The average molecular weight is 449 g/mol. The Kier molecular flexibility index (Phi) is 6.97. The molecule has 3 aromatic carbocycles. The van der Waals surface area contributed by atoms with Gasteiger partial charge in [-0.05, 0) is 72.0 Å². The van der Waals surface area contributed by atoms with Crippen molar-refractivity contribution in [1.29, 1.82) is 0 Å². The number of alkyl halides is 2. The van der Waals surface area contributed by atoms with E-state index in [1.165, 1.54) is 18.2 Å². The first-order chi connectivity index (χ1) is 14.7. The molecular formula is C23H19ClF2O5. The molecular weight excluding hydrogens is 430 g/mol. The van der Waals surface area contributed by atoms with Crippen LogP contribution in [-0.2, 0) is 11.2 Å².